The van der Waals surface area contributed by atoms with Gasteiger partial charge in [0.2, 0.25) is 0 Å². The van der Waals surface area contributed by atoms with E-state index >= 15 is 0 Å². The molecular formula is C16H19N5. The number of rotatable bonds is 2. The zero-order valence-electron chi connectivity index (χ0n) is 12.2. The van der Waals surface area contributed by atoms with Crippen LogP contribution in [0.4, 0.5) is 17.2 Å². The molecule has 1 aliphatic rings. The summed E-state index contributed by atoms with van der Waals surface area (Å²) in [5, 5.41) is 9.09. The predicted molar refractivity (Wildman–Crippen MR) is 85.4 cm³/mol. The van der Waals surface area contributed by atoms with Crippen LogP contribution in [0.25, 0.3) is 0 Å². The lowest BCUT2D eigenvalue weighted by Crippen LogP contribution is -2.47. The molecule has 0 unspecified atom stereocenters. The van der Waals surface area contributed by atoms with E-state index in [1.54, 1.807) is 6.07 Å². The lowest BCUT2D eigenvalue weighted by molar-refractivity contribution is 0.637. The number of para-hydroxylation sites is 1. The fraction of sp³-hybridized carbons (Fsp3) is 0.312. The van der Waals surface area contributed by atoms with E-state index in [9.17, 15) is 0 Å². The molecule has 21 heavy (non-hydrogen) atoms. The number of anilines is 3. The second-order valence-corrected chi connectivity index (χ2v) is 5.29. The molecule has 3 rings (SSSR count). The van der Waals surface area contributed by atoms with Gasteiger partial charge in [-0.05, 0) is 18.2 Å². The Bertz CT molecular complexity index is 660. The number of benzene rings is 1. The van der Waals surface area contributed by atoms with Gasteiger partial charge in [0.15, 0.2) is 0 Å². The molecule has 5 nitrogen and oxygen atoms in total. The first-order valence-electron chi connectivity index (χ1n) is 7.11. The van der Waals surface area contributed by atoms with Crippen molar-refractivity contribution in [3.8, 4) is 6.07 Å². The number of aromatic nitrogens is 1. The molecule has 0 aliphatic carbocycles. The van der Waals surface area contributed by atoms with Crippen LogP contribution in [0.2, 0.25) is 0 Å². The van der Waals surface area contributed by atoms with Crippen LogP contribution in [-0.2, 0) is 7.05 Å². The van der Waals surface area contributed by atoms with Gasteiger partial charge in [0, 0.05) is 38.9 Å². The highest BCUT2D eigenvalue weighted by molar-refractivity contribution is 5.68. The molecule has 0 radical (unpaired) electrons. The molecule has 1 aromatic heterocycles. The summed E-state index contributed by atoms with van der Waals surface area (Å²) < 4.78 is 1.88. The van der Waals surface area contributed by atoms with Gasteiger partial charge in [0.25, 0.3) is 0 Å². The zero-order valence-corrected chi connectivity index (χ0v) is 12.2. The molecule has 2 N–H and O–H groups in total. The van der Waals surface area contributed by atoms with E-state index in [4.69, 9.17) is 11.0 Å². The first-order chi connectivity index (χ1) is 10.2. The lowest BCUT2D eigenvalue weighted by atomic mass is 10.2. The minimum atomic E-state index is 0.605. The minimum absolute atomic E-state index is 0.605. The van der Waals surface area contributed by atoms with Gasteiger partial charge in [-0.3, -0.25) is 0 Å². The second-order valence-electron chi connectivity index (χ2n) is 5.29. The van der Waals surface area contributed by atoms with Crippen molar-refractivity contribution in [2.75, 3.05) is 41.7 Å². The van der Waals surface area contributed by atoms with Crippen LogP contribution < -0.4 is 15.5 Å². The van der Waals surface area contributed by atoms with Crippen LogP contribution >= 0.6 is 0 Å². The molecule has 1 aliphatic heterocycles. The van der Waals surface area contributed by atoms with Crippen molar-refractivity contribution in [2.45, 2.75) is 0 Å². The van der Waals surface area contributed by atoms with Crippen molar-refractivity contribution < 1.29 is 0 Å². The molecule has 5 heteroatoms. The highest BCUT2D eigenvalue weighted by atomic mass is 15.3. The standard InChI is InChI=1S/C16H19N5/c1-19-14(12-17)11-15(18)16(19)21-9-7-20(8-10-21)13-5-3-2-4-6-13/h2-6,11H,7-10,18H2,1H3. The number of nitrogens with two attached hydrogens (primary N) is 1. The summed E-state index contributed by atoms with van der Waals surface area (Å²) in [6, 6.07) is 14.4. The summed E-state index contributed by atoms with van der Waals surface area (Å²) in [7, 11) is 1.90. The molecule has 0 saturated carbocycles. The van der Waals surface area contributed by atoms with Crippen LogP contribution in [0.15, 0.2) is 36.4 Å². The van der Waals surface area contributed by atoms with Crippen LogP contribution in [-0.4, -0.2) is 30.7 Å². The van der Waals surface area contributed by atoms with Gasteiger partial charge < -0.3 is 20.1 Å². The normalized spacial score (nSPS) is 15.0. The number of piperazine rings is 1. The zero-order chi connectivity index (χ0) is 14.8. The van der Waals surface area contributed by atoms with Crippen molar-refractivity contribution in [1.82, 2.24) is 4.57 Å². The van der Waals surface area contributed by atoms with Crippen molar-refractivity contribution in [1.29, 1.82) is 5.26 Å². The third-order valence-corrected chi connectivity index (χ3v) is 4.04. The van der Waals surface area contributed by atoms with Gasteiger partial charge in [0.05, 0.1) is 5.69 Å². The third-order valence-electron chi connectivity index (χ3n) is 4.04. The second kappa shape index (κ2) is 5.41. The molecule has 0 bridgehead atoms. The topological polar surface area (TPSA) is 61.2 Å². The van der Waals surface area contributed by atoms with Crippen molar-refractivity contribution >= 4 is 17.2 Å². The number of nitrogen functional groups attached to an aromatic ring is 1. The van der Waals surface area contributed by atoms with Gasteiger partial charge in [-0.2, -0.15) is 5.26 Å². The molecule has 108 valence electrons. The summed E-state index contributed by atoms with van der Waals surface area (Å²) in [5.41, 5.74) is 8.61. The maximum Gasteiger partial charge on any atom is 0.133 e. The van der Waals surface area contributed by atoms with E-state index in [1.165, 1.54) is 5.69 Å². The Labute approximate surface area is 124 Å². The van der Waals surface area contributed by atoms with Crippen LogP contribution in [0.1, 0.15) is 5.69 Å². The number of nitriles is 1. The van der Waals surface area contributed by atoms with E-state index < -0.39 is 0 Å². The Morgan fingerprint density at radius 1 is 1.05 bits per heavy atom. The van der Waals surface area contributed by atoms with Gasteiger partial charge in [-0.15, -0.1) is 0 Å². The van der Waals surface area contributed by atoms with Crippen LogP contribution in [0, 0.1) is 11.3 Å². The van der Waals surface area contributed by atoms with Crippen LogP contribution in [0.5, 0.6) is 0 Å². The Kier molecular flexibility index (Phi) is 3.44. The third kappa shape index (κ3) is 2.40. The fourth-order valence-electron chi connectivity index (χ4n) is 2.93. The Morgan fingerprint density at radius 2 is 1.67 bits per heavy atom. The average molecular weight is 281 g/mol. The highest BCUT2D eigenvalue weighted by Gasteiger charge is 2.22. The largest absolute Gasteiger partial charge is 0.396 e. The highest BCUT2D eigenvalue weighted by Crippen LogP contribution is 2.28. The van der Waals surface area contributed by atoms with Crippen molar-refractivity contribution in [3.63, 3.8) is 0 Å². The summed E-state index contributed by atoms with van der Waals surface area (Å²) in [4.78, 5) is 4.64. The molecule has 0 spiro atoms. The molecule has 0 amide bonds. The van der Waals surface area contributed by atoms with Gasteiger partial charge in [0.1, 0.15) is 17.6 Å². The van der Waals surface area contributed by atoms with Crippen molar-refractivity contribution in [2.24, 2.45) is 7.05 Å². The van der Waals surface area contributed by atoms with Gasteiger partial charge in [-0.25, -0.2) is 0 Å². The molecule has 0 atom stereocenters. The SMILES string of the molecule is Cn1c(C#N)cc(N)c1N1CCN(c2ccccc2)CC1. The lowest BCUT2D eigenvalue weighted by Gasteiger charge is -2.37. The van der Waals surface area contributed by atoms with E-state index in [2.05, 4.69) is 40.1 Å². The summed E-state index contributed by atoms with van der Waals surface area (Å²) in [5.74, 6) is 0.958. The number of hydrogen-bond donors (Lipinski definition) is 1. The Morgan fingerprint density at radius 3 is 2.24 bits per heavy atom. The molecule has 1 aromatic carbocycles. The van der Waals surface area contributed by atoms with Crippen molar-refractivity contribution in [3.05, 3.63) is 42.1 Å². The average Bonchev–Trinajstić information content (AvgIpc) is 2.82. The Balaban J connectivity index is 1.75. The number of nitrogens with zero attached hydrogens (tertiary/aromatic N) is 4. The van der Waals surface area contributed by atoms with E-state index in [-0.39, 0.29) is 0 Å². The predicted octanol–water partition coefficient (Wildman–Crippen LogP) is 1.81. The Hall–Kier alpha value is -2.61. The quantitative estimate of drug-likeness (QED) is 0.912. The minimum Gasteiger partial charge on any atom is -0.396 e. The van der Waals surface area contributed by atoms with E-state index in [1.807, 2.05) is 17.7 Å². The summed E-state index contributed by atoms with van der Waals surface area (Å²) in [6.07, 6.45) is 0. The van der Waals surface area contributed by atoms with Gasteiger partial charge in [-0.1, -0.05) is 18.2 Å². The van der Waals surface area contributed by atoms with E-state index in [0.717, 1.165) is 32.0 Å². The number of hydrogen-bond acceptors (Lipinski definition) is 4. The fourth-order valence-corrected chi connectivity index (χ4v) is 2.93. The van der Waals surface area contributed by atoms with Crippen LogP contribution in [0.3, 0.4) is 0 Å². The molecule has 2 aromatic rings. The summed E-state index contributed by atoms with van der Waals surface area (Å²) in [6.45, 7) is 3.72. The molecular weight excluding hydrogens is 262 g/mol. The first-order valence-corrected chi connectivity index (χ1v) is 7.11. The van der Waals surface area contributed by atoms with E-state index in [0.29, 0.717) is 11.4 Å². The summed E-state index contributed by atoms with van der Waals surface area (Å²) >= 11 is 0. The smallest absolute Gasteiger partial charge is 0.133 e. The molecule has 1 saturated heterocycles. The maximum atomic E-state index is 9.09. The molecule has 2 heterocycles. The molecule has 1 fully saturated rings. The monoisotopic (exact) mass is 281 g/mol. The first kappa shape index (κ1) is 13.4. The maximum absolute atomic E-state index is 9.09. The van der Waals surface area contributed by atoms with Gasteiger partial charge >= 0.3 is 0 Å².